The van der Waals surface area contributed by atoms with E-state index in [-0.39, 0.29) is 17.8 Å². The van der Waals surface area contributed by atoms with Crippen LogP contribution in [0.15, 0.2) is 23.1 Å². The van der Waals surface area contributed by atoms with E-state index in [9.17, 15) is 32.7 Å². The molecule has 2 aliphatic rings. The summed E-state index contributed by atoms with van der Waals surface area (Å²) in [4.78, 5) is 39.5. The van der Waals surface area contributed by atoms with Gasteiger partial charge >= 0.3 is 0 Å². The number of benzene rings is 1. The van der Waals surface area contributed by atoms with Crippen LogP contribution in [-0.2, 0) is 6.54 Å². The fourth-order valence-electron chi connectivity index (χ4n) is 4.45. The van der Waals surface area contributed by atoms with Crippen LogP contribution in [0.1, 0.15) is 58.1 Å². The zero-order chi connectivity index (χ0) is 22.4. The maximum absolute atomic E-state index is 13.8. The number of pyridine rings is 1. The first-order valence-corrected chi connectivity index (χ1v) is 9.87. The molecule has 2 atom stereocenters. The van der Waals surface area contributed by atoms with E-state index >= 15 is 0 Å². The first kappa shape index (κ1) is 21.0. The van der Waals surface area contributed by atoms with E-state index in [4.69, 9.17) is 0 Å². The van der Waals surface area contributed by atoms with E-state index in [0.29, 0.717) is 18.6 Å². The van der Waals surface area contributed by atoms with E-state index in [1.54, 1.807) is 7.05 Å². The first-order valence-electron chi connectivity index (χ1n) is 9.87. The van der Waals surface area contributed by atoms with Crippen molar-refractivity contribution >= 4 is 11.8 Å². The number of nitrogens with one attached hydrogen (secondary N) is 1. The smallest absolute Gasteiger partial charge is 0.274 e. The molecule has 7 nitrogen and oxygen atoms in total. The van der Waals surface area contributed by atoms with Crippen LogP contribution in [0.2, 0.25) is 0 Å². The zero-order valence-corrected chi connectivity index (χ0v) is 16.6. The van der Waals surface area contributed by atoms with Crippen molar-refractivity contribution in [1.29, 1.82) is 0 Å². The molecule has 164 valence electrons. The van der Waals surface area contributed by atoms with E-state index in [1.165, 1.54) is 15.7 Å². The first-order chi connectivity index (χ1) is 14.7. The van der Waals surface area contributed by atoms with Crippen LogP contribution in [-0.4, -0.2) is 39.5 Å². The van der Waals surface area contributed by atoms with Gasteiger partial charge in [-0.25, -0.2) is 13.2 Å². The summed E-state index contributed by atoms with van der Waals surface area (Å²) >= 11 is 0. The third-order valence-electron chi connectivity index (χ3n) is 6.06. The highest BCUT2D eigenvalue weighted by molar-refractivity contribution is 5.99. The number of carbonyl (C=O) groups is 2. The van der Waals surface area contributed by atoms with E-state index in [2.05, 4.69) is 5.32 Å². The van der Waals surface area contributed by atoms with Gasteiger partial charge in [-0.2, -0.15) is 0 Å². The van der Waals surface area contributed by atoms with Crippen molar-refractivity contribution in [1.82, 2.24) is 14.8 Å². The number of amides is 2. The number of hydrogen-bond acceptors (Lipinski definition) is 4. The molecule has 1 aromatic carbocycles. The summed E-state index contributed by atoms with van der Waals surface area (Å²) in [6, 6.07) is 0.621. The molecule has 1 aliphatic carbocycles. The second-order valence-electron chi connectivity index (χ2n) is 7.84. The number of nitrogens with zero attached hydrogens (tertiary/aromatic N) is 2. The highest BCUT2D eigenvalue weighted by Gasteiger charge is 2.41. The standard InChI is InChI=1S/C21H20F3N3O4/c1-26-15-4-2-3-5-16(15)27-9-12(18(28)19(29)17(27)21(26)31)20(30)25-8-11-13(23)6-10(22)7-14(11)24/h6-7,9,15-16,29H,2-5,8H2,1H3,(H,25,30)/t15-,16?/m0/s1. The van der Waals surface area contributed by atoms with Gasteiger partial charge in [0.25, 0.3) is 11.8 Å². The van der Waals surface area contributed by atoms with Gasteiger partial charge in [-0.15, -0.1) is 0 Å². The topological polar surface area (TPSA) is 91.6 Å². The summed E-state index contributed by atoms with van der Waals surface area (Å²) in [5.74, 6) is -5.78. The Labute approximate surface area is 175 Å². The Balaban J connectivity index is 1.69. The van der Waals surface area contributed by atoms with Crippen LogP contribution in [0.25, 0.3) is 0 Å². The van der Waals surface area contributed by atoms with Crippen LogP contribution in [0, 0.1) is 17.5 Å². The molecule has 1 saturated carbocycles. The molecule has 10 heteroatoms. The van der Waals surface area contributed by atoms with E-state index < -0.39 is 58.1 Å². The summed E-state index contributed by atoms with van der Waals surface area (Å²) in [6.45, 7) is -0.632. The van der Waals surface area contributed by atoms with Crippen LogP contribution in [0.5, 0.6) is 5.75 Å². The number of aromatic hydroxyl groups is 1. The summed E-state index contributed by atoms with van der Waals surface area (Å²) in [5, 5.41) is 12.7. The second-order valence-corrected chi connectivity index (χ2v) is 7.84. The van der Waals surface area contributed by atoms with Gasteiger partial charge in [0.2, 0.25) is 5.43 Å². The van der Waals surface area contributed by atoms with Crippen molar-refractivity contribution in [3.63, 3.8) is 0 Å². The molecule has 0 bridgehead atoms. The minimum absolute atomic E-state index is 0.131. The van der Waals surface area contributed by atoms with Crippen molar-refractivity contribution in [2.45, 2.75) is 44.3 Å². The van der Waals surface area contributed by atoms with Gasteiger partial charge in [0.15, 0.2) is 11.4 Å². The van der Waals surface area contributed by atoms with Gasteiger partial charge in [0.1, 0.15) is 23.0 Å². The molecule has 0 spiro atoms. The van der Waals surface area contributed by atoms with Gasteiger partial charge in [0.05, 0.1) is 12.1 Å². The number of halogens is 3. The van der Waals surface area contributed by atoms with Crippen LogP contribution in [0.3, 0.4) is 0 Å². The molecule has 2 aromatic rings. The number of fused-ring (bicyclic) bond motifs is 3. The Kier molecular flexibility index (Phi) is 5.24. The molecule has 2 heterocycles. The number of rotatable bonds is 3. The van der Waals surface area contributed by atoms with Crippen LogP contribution >= 0.6 is 0 Å². The number of carbonyl (C=O) groups excluding carboxylic acids is 2. The van der Waals surface area contributed by atoms with E-state index in [1.807, 2.05) is 0 Å². The summed E-state index contributed by atoms with van der Waals surface area (Å²) in [7, 11) is 1.62. The lowest BCUT2D eigenvalue weighted by molar-refractivity contribution is 0.0507. The summed E-state index contributed by atoms with van der Waals surface area (Å²) in [6.07, 6.45) is 4.50. The average molecular weight is 435 g/mol. The highest BCUT2D eigenvalue weighted by Crippen LogP contribution is 2.38. The maximum Gasteiger partial charge on any atom is 0.274 e. The SMILES string of the molecule is CN1C(=O)c2c(O)c(=O)c(C(=O)NCc3c(F)cc(F)cc3F)cn2C2CCCC[C@@H]21. The van der Waals surface area contributed by atoms with Gasteiger partial charge in [-0.3, -0.25) is 14.4 Å². The van der Waals surface area contributed by atoms with Crippen molar-refractivity contribution in [2.75, 3.05) is 7.05 Å². The van der Waals surface area contributed by atoms with Gasteiger partial charge in [-0.1, -0.05) is 12.8 Å². The molecule has 31 heavy (non-hydrogen) atoms. The molecule has 1 aliphatic heterocycles. The molecular formula is C21H20F3N3O4. The van der Waals surface area contributed by atoms with Gasteiger partial charge < -0.3 is 19.9 Å². The van der Waals surface area contributed by atoms with Gasteiger partial charge in [-0.05, 0) is 12.8 Å². The Morgan fingerprint density at radius 3 is 2.39 bits per heavy atom. The Hall–Kier alpha value is -3.30. The lowest BCUT2D eigenvalue weighted by atomic mass is 9.86. The Morgan fingerprint density at radius 1 is 1.13 bits per heavy atom. The maximum atomic E-state index is 13.8. The van der Waals surface area contributed by atoms with Crippen molar-refractivity contribution in [2.24, 2.45) is 0 Å². The summed E-state index contributed by atoms with van der Waals surface area (Å²) in [5.41, 5.74) is -2.25. The lowest BCUT2D eigenvalue weighted by Crippen LogP contribution is -2.51. The molecule has 0 saturated heterocycles. The van der Waals surface area contributed by atoms with Crippen LogP contribution < -0.4 is 10.7 Å². The number of hydrogen-bond donors (Lipinski definition) is 2. The zero-order valence-electron chi connectivity index (χ0n) is 16.6. The van der Waals surface area contributed by atoms with Crippen molar-refractivity contribution < 1.29 is 27.9 Å². The molecule has 4 rings (SSSR count). The molecule has 2 N–H and O–H groups in total. The monoisotopic (exact) mass is 435 g/mol. The minimum atomic E-state index is -1.18. The predicted molar refractivity (Wildman–Crippen MR) is 103 cm³/mol. The summed E-state index contributed by atoms with van der Waals surface area (Å²) < 4.78 is 42.2. The molecule has 2 amide bonds. The molecule has 1 unspecified atom stereocenters. The van der Waals surface area contributed by atoms with Crippen molar-refractivity contribution in [3.05, 3.63) is 62.8 Å². The number of likely N-dealkylation sites (N-methyl/N-ethyl adjacent to an activating group) is 1. The molecule has 1 aromatic heterocycles. The van der Waals surface area contributed by atoms with Crippen molar-refractivity contribution in [3.8, 4) is 5.75 Å². The van der Waals surface area contributed by atoms with E-state index in [0.717, 1.165) is 19.3 Å². The number of aromatic nitrogens is 1. The van der Waals surface area contributed by atoms with Gasteiger partial charge in [0, 0.05) is 37.5 Å². The second kappa shape index (κ2) is 7.75. The largest absolute Gasteiger partial charge is 0.503 e. The quantitative estimate of drug-likeness (QED) is 0.775. The molecular weight excluding hydrogens is 415 g/mol. The predicted octanol–water partition coefficient (Wildman–Crippen LogP) is 2.47. The fourth-order valence-corrected chi connectivity index (χ4v) is 4.45. The minimum Gasteiger partial charge on any atom is -0.503 e. The molecule has 1 fully saturated rings. The molecule has 0 radical (unpaired) electrons. The lowest BCUT2D eigenvalue weighted by Gasteiger charge is -2.44. The average Bonchev–Trinajstić information content (AvgIpc) is 2.73. The van der Waals surface area contributed by atoms with Crippen LogP contribution in [0.4, 0.5) is 13.2 Å². The Bertz CT molecular complexity index is 1120. The third-order valence-corrected chi connectivity index (χ3v) is 6.06. The Morgan fingerprint density at radius 2 is 1.74 bits per heavy atom. The fraction of sp³-hybridized carbons (Fsp3) is 0.381. The highest BCUT2D eigenvalue weighted by atomic mass is 19.1. The third kappa shape index (κ3) is 3.45. The normalized spacial score (nSPS) is 20.3.